The number of hydrogen-bond acceptors (Lipinski definition) is 4. The van der Waals surface area contributed by atoms with Crippen molar-refractivity contribution in [3.05, 3.63) is 34.9 Å². The number of rotatable bonds is 5. The topological polar surface area (TPSA) is 71.5 Å². The van der Waals surface area contributed by atoms with E-state index in [1.54, 1.807) is 31.2 Å². The summed E-state index contributed by atoms with van der Waals surface area (Å²) < 4.78 is 48.7. The number of halogens is 1. The molecule has 0 spiro atoms. The van der Waals surface area contributed by atoms with Crippen LogP contribution in [0.15, 0.2) is 24.3 Å². The van der Waals surface area contributed by atoms with Crippen molar-refractivity contribution in [1.82, 2.24) is 4.31 Å². The lowest BCUT2D eigenvalue weighted by molar-refractivity contribution is 0.309. The zero-order chi connectivity index (χ0) is 15.0. The highest BCUT2D eigenvalue weighted by Crippen LogP contribution is 2.23. The fraction of sp³-hybridized carbons (Fsp3) is 0.500. The zero-order valence-electron chi connectivity index (χ0n) is 11.0. The summed E-state index contributed by atoms with van der Waals surface area (Å²) in [7, 11) is -6.65. The van der Waals surface area contributed by atoms with Crippen LogP contribution < -0.4 is 0 Å². The summed E-state index contributed by atoms with van der Waals surface area (Å²) in [5, 5.41) is -0.0885. The number of sulfonamides is 1. The van der Waals surface area contributed by atoms with Crippen molar-refractivity contribution in [3.8, 4) is 0 Å². The molecule has 1 aromatic rings. The summed E-state index contributed by atoms with van der Waals surface area (Å²) in [6.45, 7) is 1.68. The third kappa shape index (κ3) is 3.33. The minimum Gasteiger partial charge on any atom is -0.228 e. The molecule has 5 nitrogen and oxygen atoms in total. The van der Waals surface area contributed by atoms with Gasteiger partial charge >= 0.3 is 0 Å². The van der Waals surface area contributed by atoms with Gasteiger partial charge in [-0.2, -0.15) is 4.31 Å². The Bertz CT molecular complexity index is 694. The SMILES string of the molecule is CCS(=O)(=O)C1CN(S(=O)(=O)Cc2cccc(Cl)c2)C1. The standard InChI is InChI=1S/C12H16ClNO4S2/c1-2-19(15,16)12-7-14(8-12)20(17,18)9-10-4-3-5-11(13)6-10/h3-6,12H,2,7-9H2,1H3. The molecule has 0 radical (unpaired) electrons. The van der Waals surface area contributed by atoms with Crippen LogP contribution in [0.4, 0.5) is 0 Å². The van der Waals surface area contributed by atoms with Crippen LogP contribution in [0.5, 0.6) is 0 Å². The average molecular weight is 338 g/mol. The first-order valence-corrected chi connectivity index (χ1v) is 9.88. The van der Waals surface area contributed by atoms with Crippen LogP contribution in [0.3, 0.4) is 0 Å². The Labute approximate surface area is 124 Å². The van der Waals surface area contributed by atoms with Gasteiger partial charge in [0, 0.05) is 23.9 Å². The molecule has 1 fully saturated rings. The first kappa shape index (κ1) is 15.8. The molecule has 0 N–H and O–H groups in total. The Hall–Kier alpha value is -0.630. The van der Waals surface area contributed by atoms with Crippen molar-refractivity contribution in [2.75, 3.05) is 18.8 Å². The second-order valence-corrected chi connectivity index (χ2v) is 9.75. The molecule has 112 valence electrons. The number of hydrogen-bond donors (Lipinski definition) is 0. The van der Waals surface area contributed by atoms with Crippen molar-refractivity contribution in [2.45, 2.75) is 17.9 Å². The molecule has 1 aromatic carbocycles. The van der Waals surface area contributed by atoms with E-state index in [4.69, 9.17) is 11.6 Å². The van der Waals surface area contributed by atoms with Gasteiger partial charge < -0.3 is 0 Å². The summed E-state index contributed by atoms with van der Waals surface area (Å²) in [6, 6.07) is 6.64. The van der Waals surface area contributed by atoms with Gasteiger partial charge in [0.25, 0.3) is 0 Å². The lowest BCUT2D eigenvalue weighted by Gasteiger charge is -2.37. The highest BCUT2D eigenvalue weighted by atomic mass is 35.5. The van der Waals surface area contributed by atoms with Crippen molar-refractivity contribution >= 4 is 31.5 Å². The molecular formula is C12H16ClNO4S2. The summed E-state index contributed by atoms with van der Waals surface area (Å²) in [6.07, 6.45) is 0. The van der Waals surface area contributed by atoms with Crippen LogP contribution in [0, 0.1) is 0 Å². The van der Waals surface area contributed by atoms with E-state index in [0.717, 1.165) is 0 Å². The van der Waals surface area contributed by atoms with Crippen LogP contribution in [0.25, 0.3) is 0 Å². The van der Waals surface area contributed by atoms with Gasteiger partial charge in [-0.05, 0) is 17.7 Å². The zero-order valence-corrected chi connectivity index (χ0v) is 13.4. The highest BCUT2D eigenvalue weighted by molar-refractivity contribution is 7.92. The molecule has 0 bridgehead atoms. The van der Waals surface area contributed by atoms with Crippen molar-refractivity contribution in [2.24, 2.45) is 0 Å². The van der Waals surface area contributed by atoms with E-state index in [2.05, 4.69) is 0 Å². The largest absolute Gasteiger partial charge is 0.228 e. The molecule has 1 saturated heterocycles. The number of benzene rings is 1. The molecule has 1 heterocycles. The summed E-state index contributed by atoms with van der Waals surface area (Å²) in [5.74, 6) is -0.119. The van der Waals surface area contributed by atoms with Crippen LogP contribution in [-0.2, 0) is 25.6 Å². The summed E-state index contributed by atoms with van der Waals surface area (Å²) in [5.41, 5.74) is 0.597. The minimum absolute atomic E-state index is 0.0415. The summed E-state index contributed by atoms with van der Waals surface area (Å²) in [4.78, 5) is 0. The average Bonchev–Trinajstić information content (AvgIpc) is 2.25. The van der Waals surface area contributed by atoms with E-state index < -0.39 is 25.1 Å². The Morgan fingerprint density at radius 1 is 1.25 bits per heavy atom. The third-order valence-electron chi connectivity index (χ3n) is 3.36. The number of sulfone groups is 1. The van der Waals surface area contributed by atoms with E-state index in [1.165, 1.54) is 4.31 Å². The Morgan fingerprint density at radius 3 is 2.45 bits per heavy atom. The Morgan fingerprint density at radius 2 is 1.90 bits per heavy atom. The maximum Gasteiger partial charge on any atom is 0.218 e. The van der Waals surface area contributed by atoms with Gasteiger partial charge in [0.05, 0.1) is 11.0 Å². The van der Waals surface area contributed by atoms with Crippen LogP contribution in [-0.4, -0.2) is 45.2 Å². The first-order valence-electron chi connectivity index (χ1n) is 6.18. The van der Waals surface area contributed by atoms with Crippen LogP contribution in [0.2, 0.25) is 5.02 Å². The van der Waals surface area contributed by atoms with Gasteiger partial charge in [-0.1, -0.05) is 30.7 Å². The molecule has 0 aliphatic carbocycles. The molecule has 0 saturated carbocycles. The second kappa shape index (κ2) is 5.63. The monoisotopic (exact) mass is 337 g/mol. The Balaban J connectivity index is 2.04. The highest BCUT2D eigenvalue weighted by Gasteiger charge is 2.41. The van der Waals surface area contributed by atoms with Gasteiger partial charge in [0.15, 0.2) is 9.84 Å². The first-order chi connectivity index (χ1) is 9.24. The van der Waals surface area contributed by atoms with Gasteiger partial charge in [-0.15, -0.1) is 0 Å². The molecule has 0 aromatic heterocycles. The van der Waals surface area contributed by atoms with E-state index in [-0.39, 0.29) is 24.6 Å². The van der Waals surface area contributed by atoms with Crippen LogP contribution >= 0.6 is 11.6 Å². The second-order valence-electron chi connectivity index (χ2n) is 4.78. The number of nitrogens with zero attached hydrogens (tertiary/aromatic N) is 1. The van der Waals surface area contributed by atoms with Gasteiger partial charge in [-0.3, -0.25) is 0 Å². The fourth-order valence-electron chi connectivity index (χ4n) is 2.02. The quantitative estimate of drug-likeness (QED) is 0.811. The van der Waals surface area contributed by atoms with Crippen LogP contribution in [0.1, 0.15) is 12.5 Å². The predicted molar refractivity (Wildman–Crippen MR) is 78.9 cm³/mol. The van der Waals surface area contributed by atoms with Crippen molar-refractivity contribution in [1.29, 1.82) is 0 Å². The smallest absolute Gasteiger partial charge is 0.218 e. The maximum absolute atomic E-state index is 12.1. The molecule has 1 aliphatic heterocycles. The molecule has 1 aliphatic rings. The Kier molecular flexibility index (Phi) is 4.44. The minimum atomic E-state index is -3.48. The van der Waals surface area contributed by atoms with Crippen molar-refractivity contribution < 1.29 is 16.8 Å². The predicted octanol–water partition coefficient (Wildman–Crippen LogP) is 1.29. The summed E-state index contributed by atoms with van der Waals surface area (Å²) >= 11 is 5.82. The molecule has 0 amide bonds. The van der Waals surface area contributed by atoms with E-state index in [0.29, 0.717) is 10.6 Å². The molecule has 2 rings (SSSR count). The van der Waals surface area contributed by atoms with Gasteiger partial charge in [0.2, 0.25) is 10.0 Å². The third-order valence-corrected chi connectivity index (χ3v) is 7.49. The maximum atomic E-state index is 12.1. The normalized spacial score (nSPS) is 17.9. The molecular weight excluding hydrogens is 322 g/mol. The molecule has 8 heteroatoms. The molecule has 0 atom stereocenters. The van der Waals surface area contributed by atoms with Gasteiger partial charge in [-0.25, -0.2) is 16.8 Å². The van der Waals surface area contributed by atoms with E-state index in [9.17, 15) is 16.8 Å². The molecule has 20 heavy (non-hydrogen) atoms. The molecule has 0 unspecified atom stereocenters. The lowest BCUT2D eigenvalue weighted by atomic mass is 10.2. The van der Waals surface area contributed by atoms with Gasteiger partial charge in [0.1, 0.15) is 0 Å². The lowest BCUT2D eigenvalue weighted by Crippen LogP contribution is -2.57. The van der Waals surface area contributed by atoms with E-state index in [1.807, 2.05) is 0 Å². The fourth-order valence-corrected chi connectivity index (χ4v) is 5.30. The van der Waals surface area contributed by atoms with Crippen molar-refractivity contribution in [3.63, 3.8) is 0 Å². The van der Waals surface area contributed by atoms with E-state index >= 15 is 0 Å².